The summed E-state index contributed by atoms with van der Waals surface area (Å²) >= 11 is 0. The highest BCUT2D eigenvalue weighted by molar-refractivity contribution is 5.89. The second-order valence-electron chi connectivity index (χ2n) is 4.65. The number of aliphatic hydroxyl groups is 1. The average Bonchev–Trinajstić information content (AvgIpc) is 2.30. The van der Waals surface area contributed by atoms with Gasteiger partial charge in [-0.2, -0.15) is 0 Å². The molecule has 19 heavy (non-hydrogen) atoms. The molecule has 2 unspecified atom stereocenters. The number of urea groups is 1. The van der Waals surface area contributed by atoms with Gasteiger partial charge < -0.3 is 15.7 Å². The molecule has 1 rings (SSSR count). The van der Waals surface area contributed by atoms with E-state index in [2.05, 4.69) is 10.6 Å². The molecule has 0 aliphatic carbocycles. The second-order valence-corrected chi connectivity index (χ2v) is 4.65. The van der Waals surface area contributed by atoms with Gasteiger partial charge in [0.15, 0.2) is 11.6 Å². The highest BCUT2D eigenvalue weighted by atomic mass is 19.2. The van der Waals surface area contributed by atoms with Gasteiger partial charge >= 0.3 is 6.03 Å². The van der Waals surface area contributed by atoms with Crippen LogP contribution >= 0.6 is 0 Å². The van der Waals surface area contributed by atoms with Crippen LogP contribution in [0.2, 0.25) is 0 Å². The van der Waals surface area contributed by atoms with E-state index in [1.807, 2.05) is 6.92 Å². The van der Waals surface area contributed by atoms with Gasteiger partial charge in [0.2, 0.25) is 0 Å². The summed E-state index contributed by atoms with van der Waals surface area (Å²) in [6.07, 6.45) is 0.150. The predicted molar refractivity (Wildman–Crippen MR) is 68.8 cm³/mol. The van der Waals surface area contributed by atoms with Crippen LogP contribution in [0.1, 0.15) is 20.3 Å². The maximum absolute atomic E-state index is 12.9. The van der Waals surface area contributed by atoms with Crippen molar-refractivity contribution in [3.05, 3.63) is 29.8 Å². The van der Waals surface area contributed by atoms with Crippen LogP contribution in [0.4, 0.5) is 19.3 Å². The topological polar surface area (TPSA) is 61.4 Å². The molecule has 0 fully saturated rings. The molecular weight excluding hydrogens is 254 g/mol. The monoisotopic (exact) mass is 272 g/mol. The van der Waals surface area contributed by atoms with Crippen molar-refractivity contribution in [2.24, 2.45) is 5.92 Å². The Morgan fingerprint density at radius 2 is 2.00 bits per heavy atom. The minimum atomic E-state index is -1.01. The number of hydrogen-bond acceptors (Lipinski definition) is 2. The van der Waals surface area contributed by atoms with Gasteiger partial charge in [0.05, 0.1) is 6.10 Å². The first-order chi connectivity index (χ1) is 8.88. The van der Waals surface area contributed by atoms with E-state index in [1.54, 1.807) is 6.92 Å². The highest BCUT2D eigenvalue weighted by Crippen LogP contribution is 2.12. The number of benzene rings is 1. The zero-order valence-electron chi connectivity index (χ0n) is 10.9. The van der Waals surface area contributed by atoms with Crippen LogP contribution < -0.4 is 10.6 Å². The molecule has 3 N–H and O–H groups in total. The Morgan fingerprint density at radius 3 is 2.58 bits per heavy atom. The molecule has 0 heterocycles. The van der Waals surface area contributed by atoms with E-state index in [0.717, 1.165) is 12.1 Å². The number of aliphatic hydroxyl groups excluding tert-OH is 1. The quantitative estimate of drug-likeness (QED) is 0.771. The number of halogens is 2. The fourth-order valence-corrected chi connectivity index (χ4v) is 1.68. The summed E-state index contributed by atoms with van der Waals surface area (Å²) < 4.78 is 25.6. The molecule has 0 radical (unpaired) electrons. The van der Waals surface area contributed by atoms with Gasteiger partial charge in [-0.3, -0.25) is 0 Å². The smallest absolute Gasteiger partial charge is 0.319 e. The summed E-state index contributed by atoms with van der Waals surface area (Å²) in [6, 6.07) is 2.63. The predicted octanol–water partition coefficient (Wildman–Crippen LogP) is 2.49. The molecule has 1 aromatic rings. The number of carbonyl (C=O) groups is 1. The van der Waals surface area contributed by atoms with Crippen molar-refractivity contribution in [3.8, 4) is 0 Å². The normalized spacial score (nSPS) is 13.7. The number of amides is 2. The Labute approximate surface area is 110 Å². The van der Waals surface area contributed by atoms with Crippen LogP contribution in [0.25, 0.3) is 0 Å². The van der Waals surface area contributed by atoms with Gasteiger partial charge in [0, 0.05) is 18.3 Å². The first-order valence-electron chi connectivity index (χ1n) is 6.06. The maximum Gasteiger partial charge on any atom is 0.319 e. The molecule has 0 bridgehead atoms. The average molecular weight is 272 g/mol. The molecule has 0 aromatic heterocycles. The van der Waals surface area contributed by atoms with Crippen molar-refractivity contribution in [1.29, 1.82) is 0 Å². The van der Waals surface area contributed by atoms with Gasteiger partial charge in [-0.15, -0.1) is 0 Å². The zero-order valence-corrected chi connectivity index (χ0v) is 10.9. The second kappa shape index (κ2) is 7.04. The number of anilines is 1. The van der Waals surface area contributed by atoms with Crippen LogP contribution in [0.5, 0.6) is 0 Å². The Hall–Kier alpha value is -1.69. The third-order valence-electron chi connectivity index (χ3n) is 2.53. The summed E-state index contributed by atoms with van der Waals surface area (Å²) in [4.78, 5) is 11.5. The number of carbonyl (C=O) groups excluding carboxylic acids is 1. The van der Waals surface area contributed by atoms with E-state index in [9.17, 15) is 18.7 Å². The molecule has 106 valence electrons. The summed E-state index contributed by atoms with van der Waals surface area (Å²) in [5.41, 5.74) is 0.180. The van der Waals surface area contributed by atoms with Crippen LogP contribution in [-0.2, 0) is 0 Å². The number of nitrogens with one attached hydrogen (secondary N) is 2. The lowest BCUT2D eigenvalue weighted by atomic mass is 10.1. The van der Waals surface area contributed by atoms with Crippen molar-refractivity contribution in [1.82, 2.24) is 5.32 Å². The van der Waals surface area contributed by atoms with E-state index in [1.165, 1.54) is 6.07 Å². The molecule has 6 heteroatoms. The highest BCUT2D eigenvalue weighted by Gasteiger charge is 2.09. The maximum atomic E-state index is 12.9. The summed E-state index contributed by atoms with van der Waals surface area (Å²) in [5.74, 6) is -1.85. The lowest BCUT2D eigenvalue weighted by Gasteiger charge is -2.14. The third-order valence-corrected chi connectivity index (χ3v) is 2.53. The van der Waals surface area contributed by atoms with E-state index < -0.39 is 23.8 Å². The van der Waals surface area contributed by atoms with Gasteiger partial charge in [-0.1, -0.05) is 6.92 Å². The molecule has 2 amide bonds. The SMILES string of the molecule is CC(O)CC(C)CNC(=O)Nc1ccc(F)c(F)c1. The molecule has 1 aromatic carbocycles. The van der Waals surface area contributed by atoms with Crippen LogP contribution in [0.15, 0.2) is 18.2 Å². The Balaban J connectivity index is 2.40. The van der Waals surface area contributed by atoms with Gasteiger partial charge in [0.1, 0.15) is 0 Å². The summed E-state index contributed by atoms with van der Waals surface area (Å²) in [5, 5.41) is 14.2. The minimum Gasteiger partial charge on any atom is -0.393 e. The lowest BCUT2D eigenvalue weighted by Crippen LogP contribution is -2.33. The fourth-order valence-electron chi connectivity index (χ4n) is 1.68. The molecule has 0 spiro atoms. The molecular formula is C13H18F2N2O2. The molecule has 0 saturated carbocycles. The standard InChI is InChI=1S/C13H18F2N2O2/c1-8(5-9(2)18)7-16-13(19)17-10-3-4-11(14)12(15)6-10/h3-4,6,8-9,18H,5,7H2,1-2H3,(H2,16,17,19). The van der Waals surface area contributed by atoms with Crippen molar-refractivity contribution >= 4 is 11.7 Å². The lowest BCUT2D eigenvalue weighted by molar-refractivity contribution is 0.163. The molecule has 0 saturated heterocycles. The van der Waals surface area contributed by atoms with E-state index >= 15 is 0 Å². The number of rotatable bonds is 5. The van der Waals surface area contributed by atoms with E-state index in [-0.39, 0.29) is 11.6 Å². The van der Waals surface area contributed by atoms with Crippen molar-refractivity contribution in [2.45, 2.75) is 26.4 Å². The first-order valence-corrected chi connectivity index (χ1v) is 6.06. The minimum absolute atomic E-state index is 0.121. The van der Waals surface area contributed by atoms with Crippen molar-refractivity contribution in [3.63, 3.8) is 0 Å². The largest absolute Gasteiger partial charge is 0.393 e. The third kappa shape index (κ3) is 5.65. The van der Waals surface area contributed by atoms with Crippen LogP contribution in [-0.4, -0.2) is 23.8 Å². The van der Waals surface area contributed by atoms with Gasteiger partial charge in [0.25, 0.3) is 0 Å². The Morgan fingerprint density at radius 1 is 1.32 bits per heavy atom. The fraction of sp³-hybridized carbons (Fsp3) is 0.462. The van der Waals surface area contributed by atoms with Gasteiger partial charge in [-0.05, 0) is 31.4 Å². The van der Waals surface area contributed by atoms with Crippen LogP contribution in [0.3, 0.4) is 0 Å². The first kappa shape index (κ1) is 15.4. The van der Waals surface area contributed by atoms with E-state index in [0.29, 0.717) is 13.0 Å². The van der Waals surface area contributed by atoms with Gasteiger partial charge in [-0.25, -0.2) is 13.6 Å². The summed E-state index contributed by atoms with van der Waals surface area (Å²) in [6.45, 7) is 3.96. The van der Waals surface area contributed by atoms with Crippen LogP contribution in [0, 0.1) is 17.6 Å². The Bertz CT molecular complexity index is 439. The molecule has 4 nitrogen and oxygen atoms in total. The summed E-state index contributed by atoms with van der Waals surface area (Å²) in [7, 11) is 0. The zero-order chi connectivity index (χ0) is 14.4. The van der Waals surface area contributed by atoms with Crippen molar-refractivity contribution in [2.75, 3.05) is 11.9 Å². The molecule has 0 aliphatic heterocycles. The van der Waals surface area contributed by atoms with Crippen molar-refractivity contribution < 1.29 is 18.7 Å². The molecule has 2 atom stereocenters. The Kier molecular flexibility index (Phi) is 5.69. The molecule has 0 aliphatic rings. The van der Waals surface area contributed by atoms with E-state index in [4.69, 9.17) is 0 Å². The number of hydrogen-bond donors (Lipinski definition) is 3.